The Morgan fingerprint density at radius 1 is 1.07 bits per heavy atom. The van der Waals surface area contributed by atoms with Crippen molar-refractivity contribution < 1.29 is 4.39 Å². The summed E-state index contributed by atoms with van der Waals surface area (Å²) in [6.07, 6.45) is 9.05. The highest BCUT2D eigenvalue weighted by molar-refractivity contribution is 5.83. The summed E-state index contributed by atoms with van der Waals surface area (Å²) in [4.78, 5) is 9.70. The molecule has 3 N–H and O–H groups in total. The number of hydrogen-bond donors (Lipinski definition) is 3. The van der Waals surface area contributed by atoms with Gasteiger partial charge < -0.3 is 20.5 Å². The second-order valence-electron chi connectivity index (χ2n) is 7.25. The monoisotopic (exact) mass is 375 g/mol. The van der Waals surface area contributed by atoms with Gasteiger partial charge in [-0.1, -0.05) is 19.3 Å². The van der Waals surface area contributed by atoms with Crippen molar-refractivity contribution >= 4 is 16.9 Å². The summed E-state index contributed by atoms with van der Waals surface area (Å²) >= 11 is 0. The lowest BCUT2D eigenvalue weighted by Crippen LogP contribution is -2.38. The van der Waals surface area contributed by atoms with Crippen LogP contribution < -0.4 is 10.6 Å². The van der Waals surface area contributed by atoms with Gasteiger partial charge in [0.15, 0.2) is 5.96 Å². The fourth-order valence-corrected chi connectivity index (χ4v) is 3.18. The molecule has 1 aromatic carbocycles. The molecule has 1 aromatic heterocycles. The summed E-state index contributed by atoms with van der Waals surface area (Å²) in [5, 5.41) is 7.66. The van der Waals surface area contributed by atoms with Crippen LogP contribution in [-0.2, 0) is 6.42 Å². The molecule has 27 heavy (non-hydrogen) atoms. The molecule has 6 heteroatoms. The topological polar surface area (TPSA) is 55.5 Å². The van der Waals surface area contributed by atoms with Crippen LogP contribution in [0.2, 0.25) is 0 Å². The molecule has 0 radical (unpaired) electrons. The van der Waals surface area contributed by atoms with E-state index in [0.29, 0.717) is 0 Å². The first-order valence-electron chi connectivity index (χ1n) is 9.95. The predicted molar refractivity (Wildman–Crippen MR) is 113 cm³/mol. The van der Waals surface area contributed by atoms with Crippen molar-refractivity contribution in [2.24, 2.45) is 4.99 Å². The first kappa shape index (κ1) is 21.2. The van der Waals surface area contributed by atoms with E-state index in [2.05, 4.69) is 39.6 Å². The highest BCUT2D eigenvalue weighted by Gasteiger charge is 2.05. The Morgan fingerprint density at radius 3 is 2.59 bits per heavy atom. The molecule has 0 amide bonds. The number of guanidine groups is 1. The molecule has 5 nitrogen and oxygen atoms in total. The third kappa shape index (κ3) is 7.59. The van der Waals surface area contributed by atoms with Crippen LogP contribution in [0.25, 0.3) is 10.9 Å². The first-order chi connectivity index (χ1) is 13.1. The lowest BCUT2D eigenvalue weighted by Gasteiger charge is -2.12. The van der Waals surface area contributed by atoms with Crippen molar-refractivity contribution in [3.8, 4) is 0 Å². The van der Waals surface area contributed by atoms with Gasteiger partial charge in [0.05, 0.1) is 0 Å². The highest BCUT2D eigenvalue weighted by atomic mass is 19.1. The largest absolute Gasteiger partial charge is 0.361 e. The Balaban J connectivity index is 1.61. The number of unbranched alkanes of at least 4 members (excludes halogenated alkanes) is 4. The Labute approximate surface area is 162 Å². The SMILES string of the molecule is CN=C(NCCCCCCCN(C)C)NCCc1c[nH]c2ccc(F)cc12. The fraction of sp³-hybridized carbons (Fsp3) is 0.571. The minimum Gasteiger partial charge on any atom is -0.361 e. The van der Waals surface area contributed by atoms with Crippen molar-refractivity contribution in [2.75, 3.05) is 40.8 Å². The average Bonchev–Trinajstić information content (AvgIpc) is 3.04. The van der Waals surface area contributed by atoms with Gasteiger partial charge in [-0.05, 0) is 63.7 Å². The number of nitrogens with zero attached hydrogens (tertiary/aromatic N) is 2. The summed E-state index contributed by atoms with van der Waals surface area (Å²) in [6, 6.07) is 4.85. The van der Waals surface area contributed by atoms with E-state index < -0.39 is 0 Å². The van der Waals surface area contributed by atoms with Gasteiger partial charge in [-0.25, -0.2) is 4.39 Å². The van der Waals surface area contributed by atoms with E-state index in [-0.39, 0.29) is 5.82 Å². The lowest BCUT2D eigenvalue weighted by atomic mass is 10.1. The van der Waals surface area contributed by atoms with Crippen molar-refractivity contribution in [1.29, 1.82) is 0 Å². The highest BCUT2D eigenvalue weighted by Crippen LogP contribution is 2.19. The molecule has 0 unspecified atom stereocenters. The van der Waals surface area contributed by atoms with E-state index in [0.717, 1.165) is 48.4 Å². The van der Waals surface area contributed by atoms with E-state index in [1.54, 1.807) is 19.2 Å². The predicted octanol–water partition coefficient (Wildman–Crippen LogP) is 3.53. The normalized spacial score (nSPS) is 12.1. The zero-order valence-corrected chi connectivity index (χ0v) is 16.9. The fourth-order valence-electron chi connectivity index (χ4n) is 3.18. The lowest BCUT2D eigenvalue weighted by molar-refractivity contribution is 0.389. The third-order valence-corrected chi connectivity index (χ3v) is 4.71. The molecule has 0 saturated carbocycles. The third-order valence-electron chi connectivity index (χ3n) is 4.71. The van der Waals surface area contributed by atoms with Crippen LogP contribution in [0.5, 0.6) is 0 Å². The minimum absolute atomic E-state index is 0.199. The van der Waals surface area contributed by atoms with Crippen molar-refractivity contribution in [3.63, 3.8) is 0 Å². The van der Waals surface area contributed by atoms with Gasteiger partial charge in [0.2, 0.25) is 0 Å². The summed E-state index contributed by atoms with van der Waals surface area (Å²) in [6.45, 7) is 2.87. The first-order valence-corrected chi connectivity index (χ1v) is 9.95. The molecule has 2 aromatic rings. The number of halogens is 1. The maximum atomic E-state index is 13.4. The quantitative estimate of drug-likeness (QED) is 0.320. The smallest absolute Gasteiger partial charge is 0.190 e. The molecule has 1 heterocycles. The molecule has 2 rings (SSSR count). The average molecular weight is 376 g/mol. The van der Waals surface area contributed by atoms with Crippen LogP contribution >= 0.6 is 0 Å². The van der Waals surface area contributed by atoms with Crippen LogP contribution in [0.4, 0.5) is 4.39 Å². The molecule has 0 fully saturated rings. The van der Waals surface area contributed by atoms with E-state index >= 15 is 0 Å². The molecule has 0 aliphatic heterocycles. The summed E-state index contributed by atoms with van der Waals surface area (Å²) in [5.41, 5.74) is 2.09. The number of aromatic nitrogens is 1. The Hall–Kier alpha value is -2.08. The summed E-state index contributed by atoms with van der Waals surface area (Å²) in [5.74, 6) is 0.629. The summed E-state index contributed by atoms with van der Waals surface area (Å²) in [7, 11) is 6.04. The van der Waals surface area contributed by atoms with Crippen molar-refractivity contribution in [3.05, 3.63) is 35.8 Å². The van der Waals surface area contributed by atoms with Crippen LogP contribution in [0.15, 0.2) is 29.4 Å². The van der Waals surface area contributed by atoms with Gasteiger partial charge >= 0.3 is 0 Å². The van der Waals surface area contributed by atoms with Crippen molar-refractivity contribution in [2.45, 2.75) is 38.5 Å². The molecule has 0 aliphatic rings. The van der Waals surface area contributed by atoms with Crippen LogP contribution in [0.3, 0.4) is 0 Å². The van der Waals surface area contributed by atoms with Gasteiger partial charge in [0, 0.05) is 37.2 Å². The molecule has 0 aliphatic carbocycles. The van der Waals surface area contributed by atoms with Gasteiger partial charge in [-0.15, -0.1) is 0 Å². The van der Waals surface area contributed by atoms with E-state index in [9.17, 15) is 4.39 Å². The molecular formula is C21H34FN5. The molecular weight excluding hydrogens is 341 g/mol. The van der Waals surface area contributed by atoms with E-state index in [1.165, 1.54) is 38.3 Å². The Kier molecular flexibility index (Phi) is 9.11. The Morgan fingerprint density at radius 2 is 1.81 bits per heavy atom. The standard InChI is InChI=1S/C21H34FN5/c1-23-21(24-12-7-5-4-6-8-14-27(2)3)25-13-11-17-16-26-20-10-9-18(22)15-19(17)20/h9-10,15-16,26H,4-8,11-14H2,1-3H3,(H2,23,24,25). The van der Waals surface area contributed by atoms with E-state index in [4.69, 9.17) is 0 Å². The number of rotatable bonds is 11. The van der Waals surface area contributed by atoms with Gasteiger partial charge in [-0.3, -0.25) is 4.99 Å². The van der Waals surface area contributed by atoms with Gasteiger partial charge in [0.25, 0.3) is 0 Å². The van der Waals surface area contributed by atoms with Crippen LogP contribution in [0.1, 0.15) is 37.7 Å². The maximum absolute atomic E-state index is 13.4. The molecule has 0 spiro atoms. The van der Waals surface area contributed by atoms with Crippen molar-refractivity contribution in [1.82, 2.24) is 20.5 Å². The molecule has 0 saturated heterocycles. The second-order valence-corrected chi connectivity index (χ2v) is 7.25. The van der Waals surface area contributed by atoms with Gasteiger partial charge in [-0.2, -0.15) is 0 Å². The minimum atomic E-state index is -0.199. The number of hydrogen-bond acceptors (Lipinski definition) is 2. The number of fused-ring (bicyclic) bond motifs is 1. The number of nitrogens with one attached hydrogen (secondary N) is 3. The van der Waals surface area contributed by atoms with Crippen LogP contribution in [0, 0.1) is 5.82 Å². The second kappa shape index (κ2) is 11.6. The number of aromatic amines is 1. The summed E-state index contributed by atoms with van der Waals surface area (Å²) < 4.78 is 13.4. The van der Waals surface area contributed by atoms with E-state index in [1.807, 2.05) is 6.20 Å². The van der Waals surface area contributed by atoms with Crippen LogP contribution in [-0.4, -0.2) is 56.6 Å². The molecule has 150 valence electrons. The number of H-pyrrole nitrogens is 1. The van der Waals surface area contributed by atoms with Gasteiger partial charge in [0.1, 0.15) is 5.82 Å². The molecule has 0 atom stereocenters. The number of aliphatic imine (C=N–C) groups is 1. The Bertz CT molecular complexity index is 708. The maximum Gasteiger partial charge on any atom is 0.190 e. The zero-order chi connectivity index (χ0) is 19.5. The zero-order valence-electron chi connectivity index (χ0n) is 16.9. The molecule has 0 bridgehead atoms. The number of benzene rings is 1.